The van der Waals surface area contributed by atoms with Crippen LogP contribution in [-0.4, -0.2) is 46.0 Å². The van der Waals surface area contributed by atoms with E-state index in [4.69, 9.17) is 0 Å². The van der Waals surface area contributed by atoms with Crippen LogP contribution in [0.4, 0.5) is 0 Å². The van der Waals surface area contributed by atoms with Crippen LogP contribution in [0.5, 0.6) is 0 Å². The summed E-state index contributed by atoms with van der Waals surface area (Å²) in [7, 11) is 0. The average Bonchev–Trinajstić information content (AvgIpc) is 2.94. The van der Waals surface area contributed by atoms with Crippen LogP contribution in [0.15, 0.2) is 18.7 Å². The summed E-state index contributed by atoms with van der Waals surface area (Å²) in [6.07, 6.45) is 9.54. The average molecular weight is 262 g/mol. The number of carbonyl (C=O) groups is 1. The molecule has 0 unspecified atom stereocenters. The first kappa shape index (κ1) is 12.7. The van der Waals surface area contributed by atoms with Crippen LogP contribution < -0.4 is 5.32 Å². The molecule has 104 valence electrons. The van der Waals surface area contributed by atoms with E-state index in [0.29, 0.717) is 17.9 Å². The van der Waals surface area contributed by atoms with Gasteiger partial charge in [-0.1, -0.05) is 0 Å². The summed E-state index contributed by atoms with van der Waals surface area (Å²) in [6.45, 7) is 3.96. The molecule has 19 heavy (non-hydrogen) atoms. The Kier molecular flexibility index (Phi) is 3.82. The van der Waals surface area contributed by atoms with Crippen molar-refractivity contribution in [2.75, 3.05) is 19.6 Å². The van der Waals surface area contributed by atoms with E-state index in [1.165, 1.54) is 0 Å². The van der Waals surface area contributed by atoms with E-state index in [0.717, 1.165) is 51.9 Å². The van der Waals surface area contributed by atoms with E-state index in [1.54, 1.807) is 6.20 Å². The van der Waals surface area contributed by atoms with Gasteiger partial charge in [0.15, 0.2) is 0 Å². The van der Waals surface area contributed by atoms with Crippen molar-refractivity contribution in [1.29, 1.82) is 0 Å². The zero-order chi connectivity index (χ0) is 13.1. The van der Waals surface area contributed by atoms with Gasteiger partial charge in [-0.05, 0) is 38.3 Å². The first-order valence-electron chi connectivity index (χ1n) is 7.30. The van der Waals surface area contributed by atoms with Crippen molar-refractivity contribution in [3.05, 3.63) is 18.7 Å². The predicted octanol–water partition coefficient (Wildman–Crippen LogP) is 0.874. The smallest absolute Gasteiger partial charge is 0.222 e. The van der Waals surface area contributed by atoms with Crippen molar-refractivity contribution in [3.63, 3.8) is 0 Å². The number of hydrogen-bond acceptors (Lipinski definition) is 3. The fraction of sp³-hybridized carbons (Fsp3) is 0.714. The normalized spacial score (nSPS) is 27.4. The number of aromatic nitrogens is 2. The Bertz CT molecular complexity index is 417. The third-order valence-electron chi connectivity index (χ3n) is 4.39. The monoisotopic (exact) mass is 262 g/mol. The summed E-state index contributed by atoms with van der Waals surface area (Å²) in [4.78, 5) is 18.3. The molecule has 2 aliphatic heterocycles. The van der Waals surface area contributed by atoms with Crippen molar-refractivity contribution >= 4 is 5.91 Å². The summed E-state index contributed by atoms with van der Waals surface area (Å²) >= 11 is 0. The first-order chi connectivity index (χ1) is 9.34. The summed E-state index contributed by atoms with van der Waals surface area (Å²) in [5.41, 5.74) is 0. The Hall–Kier alpha value is -1.36. The van der Waals surface area contributed by atoms with Crippen LogP contribution in [0.3, 0.4) is 0 Å². The molecule has 0 aromatic carbocycles. The zero-order valence-electron chi connectivity index (χ0n) is 11.3. The topological polar surface area (TPSA) is 50.2 Å². The fourth-order valence-electron chi connectivity index (χ4n) is 3.38. The number of carbonyl (C=O) groups excluding carboxylic acids is 1. The molecule has 1 amide bonds. The van der Waals surface area contributed by atoms with Gasteiger partial charge in [0.25, 0.3) is 0 Å². The number of piperidine rings is 2. The van der Waals surface area contributed by atoms with Gasteiger partial charge in [-0.2, -0.15) is 0 Å². The lowest BCUT2D eigenvalue weighted by molar-refractivity contribution is -0.139. The highest BCUT2D eigenvalue weighted by Gasteiger charge is 2.36. The Morgan fingerprint density at radius 1 is 1.37 bits per heavy atom. The lowest BCUT2D eigenvalue weighted by Crippen LogP contribution is -2.55. The van der Waals surface area contributed by atoms with Gasteiger partial charge in [0.05, 0.1) is 6.33 Å². The quantitative estimate of drug-likeness (QED) is 0.876. The number of nitrogens with one attached hydrogen (secondary N) is 1. The van der Waals surface area contributed by atoms with Crippen LogP contribution in [0.25, 0.3) is 0 Å². The second-order valence-corrected chi connectivity index (χ2v) is 5.60. The molecule has 5 heteroatoms. The number of likely N-dealkylation sites (tertiary alicyclic amines) is 1. The number of fused-ring (bicyclic) bond motifs is 1. The van der Waals surface area contributed by atoms with E-state index in [-0.39, 0.29) is 0 Å². The van der Waals surface area contributed by atoms with Crippen molar-refractivity contribution in [3.8, 4) is 0 Å². The maximum Gasteiger partial charge on any atom is 0.222 e. The van der Waals surface area contributed by atoms with E-state index >= 15 is 0 Å². The molecule has 2 atom stereocenters. The van der Waals surface area contributed by atoms with E-state index < -0.39 is 0 Å². The van der Waals surface area contributed by atoms with Gasteiger partial charge < -0.3 is 14.8 Å². The molecule has 0 saturated carbocycles. The summed E-state index contributed by atoms with van der Waals surface area (Å²) in [6, 6.07) is 0.477. The third-order valence-corrected chi connectivity index (χ3v) is 4.39. The molecule has 3 heterocycles. The second kappa shape index (κ2) is 5.74. The summed E-state index contributed by atoms with van der Waals surface area (Å²) in [5.74, 6) is 1.02. The summed E-state index contributed by atoms with van der Waals surface area (Å²) < 4.78 is 2.08. The van der Waals surface area contributed by atoms with Gasteiger partial charge in [-0.25, -0.2) is 4.98 Å². The van der Waals surface area contributed by atoms with Gasteiger partial charge in [0, 0.05) is 37.9 Å². The highest BCUT2D eigenvalue weighted by Crippen LogP contribution is 2.28. The number of imidazole rings is 1. The molecular weight excluding hydrogens is 240 g/mol. The van der Waals surface area contributed by atoms with Gasteiger partial charge in [0.2, 0.25) is 5.91 Å². The molecule has 0 bridgehead atoms. The molecular formula is C14H22N4O. The van der Waals surface area contributed by atoms with Crippen LogP contribution in [-0.2, 0) is 11.3 Å². The fourth-order valence-corrected chi connectivity index (χ4v) is 3.38. The van der Waals surface area contributed by atoms with E-state index in [9.17, 15) is 4.79 Å². The second-order valence-electron chi connectivity index (χ2n) is 5.60. The van der Waals surface area contributed by atoms with Crippen molar-refractivity contribution in [2.24, 2.45) is 5.92 Å². The SMILES string of the molecule is O=C1CC[C@@H]2CNCC[C@@H]2N1CCCn1ccnc1. The van der Waals surface area contributed by atoms with Crippen LogP contribution in [0.2, 0.25) is 0 Å². The van der Waals surface area contributed by atoms with Gasteiger partial charge >= 0.3 is 0 Å². The highest BCUT2D eigenvalue weighted by molar-refractivity contribution is 5.77. The Balaban J connectivity index is 1.56. The van der Waals surface area contributed by atoms with Crippen molar-refractivity contribution in [2.45, 2.75) is 38.3 Å². The molecule has 0 spiro atoms. The lowest BCUT2D eigenvalue weighted by Gasteiger charge is -2.44. The largest absolute Gasteiger partial charge is 0.339 e. The maximum atomic E-state index is 12.1. The molecule has 0 radical (unpaired) electrons. The van der Waals surface area contributed by atoms with Gasteiger partial charge in [0.1, 0.15) is 0 Å². The number of nitrogens with zero attached hydrogens (tertiary/aromatic N) is 3. The minimum absolute atomic E-state index is 0.355. The number of hydrogen-bond donors (Lipinski definition) is 1. The molecule has 2 saturated heterocycles. The zero-order valence-corrected chi connectivity index (χ0v) is 11.3. The van der Waals surface area contributed by atoms with Crippen molar-refractivity contribution in [1.82, 2.24) is 19.8 Å². The standard InChI is InChI=1S/C14H22N4O/c19-14-3-2-12-10-15-5-4-13(12)18(14)8-1-7-17-9-6-16-11-17/h6,9,11-13,15H,1-5,7-8,10H2/t12-,13+/m1/s1. The van der Waals surface area contributed by atoms with Crippen LogP contribution in [0, 0.1) is 5.92 Å². The van der Waals surface area contributed by atoms with Crippen LogP contribution >= 0.6 is 0 Å². The number of rotatable bonds is 4. The molecule has 1 aromatic rings. The molecule has 2 fully saturated rings. The minimum Gasteiger partial charge on any atom is -0.339 e. The minimum atomic E-state index is 0.355. The third kappa shape index (κ3) is 2.81. The molecule has 1 aromatic heterocycles. The van der Waals surface area contributed by atoms with Gasteiger partial charge in [-0.15, -0.1) is 0 Å². The van der Waals surface area contributed by atoms with E-state index in [2.05, 4.69) is 19.8 Å². The van der Waals surface area contributed by atoms with Crippen molar-refractivity contribution < 1.29 is 4.79 Å². The predicted molar refractivity (Wildman–Crippen MR) is 72.6 cm³/mol. The Morgan fingerprint density at radius 2 is 2.32 bits per heavy atom. The number of aryl methyl sites for hydroxylation is 1. The first-order valence-corrected chi connectivity index (χ1v) is 7.30. The van der Waals surface area contributed by atoms with E-state index in [1.807, 2.05) is 12.5 Å². The molecule has 0 aliphatic carbocycles. The maximum absolute atomic E-state index is 12.1. The molecule has 3 rings (SSSR count). The Morgan fingerprint density at radius 3 is 3.16 bits per heavy atom. The summed E-state index contributed by atoms with van der Waals surface area (Å²) in [5, 5.41) is 3.45. The highest BCUT2D eigenvalue weighted by atomic mass is 16.2. The lowest BCUT2D eigenvalue weighted by atomic mass is 9.84. The Labute approximate surface area is 114 Å². The van der Waals surface area contributed by atoms with Gasteiger partial charge in [-0.3, -0.25) is 4.79 Å². The molecule has 2 aliphatic rings. The molecule has 5 nitrogen and oxygen atoms in total. The number of amides is 1. The van der Waals surface area contributed by atoms with Crippen LogP contribution in [0.1, 0.15) is 25.7 Å². The molecule has 1 N–H and O–H groups in total.